The number of ether oxygens (including phenoxy) is 1. The summed E-state index contributed by atoms with van der Waals surface area (Å²) in [7, 11) is 1.86. The van der Waals surface area contributed by atoms with Crippen molar-refractivity contribution in [1.29, 1.82) is 0 Å². The van der Waals surface area contributed by atoms with Crippen LogP contribution in [0.15, 0.2) is 4.99 Å². The summed E-state index contributed by atoms with van der Waals surface area (Å²) < 4.78 is 5.78. The number of morpholine rings is 1. The molecule has 140 valence electrons. The van der Waals surface area contributed by atoms with Gasteiger partial charge in [0.2, 0.25) is 0 Å². The molecule has 0 amide bonds. The number of nitrogens with one attached hydrogen (secondary N) is 2. The molecule has 0 spiro atoms. The number of guanidine groups is 1. The Morgan fingerprint density at radius 2 is 1.83 bits per heavy atom. The lowest BCUT2D eigenvalue weighted by Crippen LogP contribution is -2.60. The Bertz CT molecular complexity index is 402. The second-order valence-electron chi connectivity index (χ2n) is 7.63. The van der Waals surface area contributed by atoms with Gasteiger partial charge in [0.1, 0.15) is 0 Å². The van der Waals surface area contributed by atoms with E-state index in [0.29, 0.717) is 0 Å². The number of hydrogen-bond acceptors (Lipinski definition) is 4. The van der Waals surface area contributed by atoms with Crippen LogP contribution in [0.2, 0.25) is 0 Å². The quantitative estimate of drug-likeness (QED) is 0.565. The van der Waals surface area contributed by atoms with E-state index in [-0.39, 0.29) is 10.3 Å². The molecule has 1 aliphatic carbocycles. The third-order valence-electron chi connectivity index (χ3n) is 5.51. The van der Waals surface area contributed by atoms with Crippen LogP contribution < -0.4 is 10.6 Å². The van der Waals surface area contributed by atoms with E-state index in [0.717, 1.165) is 45.4 Å². The van der Waals surface area contributed by atoms with Crippen LogP contribution in [0.4, 0.5) is 0 Å². The summed E-state index contributed by atoms with van der Waals surface area (Å²) in [5.41, 5.74) is 0.272. The van der Waals surface area contributed by atoms with Gasteiger partial charge in [-0.2, -0.15) is 11.8 Å². The monoisotopic (exact) mass is 356 g/mol. The molecule has 2 aliphatic rings. The summed E-state index contributed by atoms with van der Waals surface area (Å²) in [5, 5.41) is 7.12. The maximum absolute atomic E-state index is 5.57. The van der Waals surface area contributed by atoms with Crippen LogP contribution in [-0.4, -0.2) is 73.8 Å². The van der Waals surface area contributed by atoms with E-state index in [9.17, 15) is 0 Å². The predicted octanol–water partition coefficient (Wildman–Crippen LogP) is 2.33. The van der Waals surface area contributed by atoms with Crippen molar-refractivity contribution in [1.82, 2.24) is 15.5 Å². The normalized spacial score (nSPS) is 23.1. The molecule has 2 N–H and O–H groups in total. The van der Waals surface area contributed by atoms with Crippen molar-refractivity contribution in [2.24, 2.45) is 4.99 Å². The molecule has 0 aromatic heterocycles. The van der Waals surface area contributed by atoms with Gasteiger partial charge in [-0.05, 0) is 32.9 Å². The van der Waals surface area contributed by atoms with Crippen LogP contribution in [0.25, 0.3) is 0 Å². The Morgan fingerprint density at radius 3 is 2.42 bits per heavy atom. The first-order chi connectivity index (χ1) is 11.5. The molecule has 1 heterocycles. The molecular weight excluding hydrogens is 320 g/mol. The first-order valence-electron chi connectivity index (χ1n) is 9.34. The van der Waals surface area contributed by atoms with E-state index in [1.807, 2.05) is 18.8 Å². The number of thioether (sulfide) groups is 1. The lowest BCUT2D eigenvalue weighted by molar-refractivity contribution is -0.0352. The fourth-order valence-corrected chi connectivity index (χ4v) is 3.91. The average Bonchev–Trinajstić information content (AvgIpc) is 2.63. The zero-order chi connectivity index (χ0) is 17.5. The largest absolute Gasteiger partial charge is 0.379 e. The highest BCUT2D eigenvalue weighted by atomic mass is 32.2. The lowest BCUT2D eigenvalue weighted by Gasteiger charge is -2.48. The highest BCUT2D eigenvalue weighted by Gasteiger charge is 2.38. The third-order valence-corrected chi connectivity index (χ3v) is 6.76. The van der Waals surface area contributed by atoms with E-state index in [2.05, 4.69) is 40.6 Å². The molecule has 0 radical (unpaired) electrons. The van der Waals surface area contributed by atoms with Crippen molar-refractivity contribution in [2.75, 3.05) is 52.7 Å². The van der Waals surface area contributed by atoms with Gasteiger partial charge in [0.05, 0.1) is 13.2 Å². The molecule has 2 fully saturated rings. The van der Waals surface area contributed by atoms with E-state index in [1.54, 1.807) is 0 Å². The lowest BCUT2D eigenvalue weighted by atomic mass is 9.80. The minimum Gasteiger partial charge on any atom is -0.379 e. The van der Waals surface area contributed by atoms with Gasteiger partial charge >= 0.3 is 0 Å². The van der Waals surface area contributed by atoms with Crippen molar-refractivity contribution in [2.45, 2.75) is 56.2 Å². The summed E-state index contributed by atoms with van der Waals surface area (Å²) in [6.45, 7) is 10.3. The van der Waals surface area contributed by atoms with Gasteiger partial charge in [-0.15, -0.1) is 0 Å². The summed E-state index contributed by atoms with van der Waals surface area (Å²) in [4.78, 5) is 7.10. The number of rotatable bonds is 6. The number of hydrogen-bond donors (Lipinski definition) is 2. The van der Waals surface area contributed by atoms with Crippen LogP contribution in [-0.2, 0) is 4.74 Å². The molecule has 24 heavy (non-hydrogen) atoms. The number of nitrogens with zero attached hydrogens (tertiary/aromatic N) is 2. The Morgan fingerprint density at radius 1 is 1.17 bits per heavy atom. The topological polar surface area (TPSA) is 48.9 Å². The number of aliphatic imine (C=N–C) groups is 1. The van der Waals surface area contributed by atoms with E-state index >= 15 is 0 Å². The van der Waals surface area contributed by atoms with E-state index in [1.165, 1.54) is 32.1 Å². The fourth-order valence-electron chi connectivity index (χ4n) is 3.69. The zero-order valence-corrected chi connectivity index (χ0v) is 16.8. The van der Waals surface area contributed by atoms with Gasteiger partial charge < -0.3 is 15.4 Å². The van der Waals surface area contributed by atoms with Gasteiger partial charge in [-0.1, -0.05) is 19.3 Å². The van der Waals surface area contributed by atoms with Crippen LogP contribution in [0.1, 0.15) is 46.0 Å². The second kappa shape index (κ2) is 9.30. The van der Waals surface area contributed by atoms with Crippen molar-refractivity contribution >= 4 is 17.7 Å². The van der Waals surface area contributed by atoms with Crippen molar-refractivity contribution < 1.29 is 4.74 Å². The van der Waals surface area contributed by atoms with Gasteiger partial charge in [0, 0.05) is 43.5 Å². The highest BCUT2D eigenvalue weighted by molar-refractivity contribution is 7.99. The molecule has 2 rings (SSSR count). The highest BCUT2D eigenvalue weighted by Crippen LogP contribution is 2.33. The van der Waals surface area contributed by atoms with Gasteiger partial charge in [-0.3, -0.25) is 9.89 Å². The molecule has 1 saturated carbocycles. The second-order valence-corrected chi connectivity index (χ2v) is 9.14. The minimum atomic E-state index is 0.213. The minimum absolute atomic E-state index is 0.213. The maximum Gasteiger partial charge on any atom is 0.191 e. The Labute approximate surface area is 152 Å². The molecular formula is C18H36N4OS. The van der Waals surface area contributed by atoms with Crippen LogP contribution in [0.5, 0.6) is 0 Å². The average molecular weight is 357 g/mol. The summed E-state index contributed by atoms with van der Waals surface area (Å²) in [6, 6.07) is 0. The molecule has 5 nitrogen and oxygen atoms in total. The molecule has 6 heteroatoms. The van der Waals surface area contributed by atoms with Crippen molar-refractivity contribution in [3.8, 4) is 0 Å². The molecule has 1 saturated heterocycles. The van der Waals surface area contributed by atoms with E-state index < -0.39 is 0 Å². The zero-order valence-electron chi connectivity index (χ0n) is 16.0. The first-order valence-corrected chi connectivity index (χ1v) is 10.6. The van der Waals surface area contributed by atoms with Crippen LogP contribution in [0, 0.1) is 0 Å². The Balaban J connectivity index is 1.93. The van der Waals surface area contributed by atoms with Crippen molar-refractivity contribution in [3.05, 3.63) is 0 Å². The first kappa shape index (κ1) is 19.9. The Hall–Kier alpha value is -0.460. The van der Waals surface area contributed by atoms with Gasteiger partial charge in [0.15, 0.2) is 5.96 Å². The fraction of sp³-hybridized carbons (Fsp3) is 0.944. The molecule has 0 atom stereocenters. The SMILES string of the molecule is CN=C(NCC(C)(C)SC)NCC1(N2CCOCC2)CCCCC1. The summed E-state index contributed by atoms with van der Waals surface area (Å²) in [5.74, 6) is 0.926. The van der Waals surface area contributed by atoms with Gasteiger partial charge in [-0.25, -0.2) is 0 Å². The van der Waals surface area contributed by atoms with Crippen LogP contribution >= 0.6 is 11.8 Å². The van der Waals surface area contributed by atoms with Crippen LogP contribution in [0.3, 0.4) is 0 Å². The maximum atomic E-state index is 5.57. The molecule has 0 unspecified atom stereocenters. The molecule has 0 bridgehead atoms. The van der Waals surface area contributed by atoms with Gasteiger partial charge in [0.25, 0.3) is 0 Å². The van der Waals surface area contributed by atoms with E-state index in [4.69, 9.17) is 4.74 Å². The summed E-state index contributed by atoms with van der Waals surface area (Å²) >= 11 is 1.88. The smallest absolute Gasteiger partial charge is 0.191 e. The standard InChI is InChI=1S/C18H36N4OS/c1-17(2,24-4)14-20-16(19-3)21-15-18(8-6-5-7-9-18)22-10-12-23-13-11-22/h5-15H2,1-4H3,(H2,19,20,21). The Kier molecular flexibility index (Phi) is 7.69. The predicted molar refractivity (Wildman–Crippen MR) is 105 cm³/mol. The van der Waals surface area contributed by atoms with Crippen molar-refractivity contribution in [3.63, 3.8) is 0 Å². The molecule has 1 aliphatic heterocycles. The third kappa shape index (κ3) is 5.53. The molecule has 0 aromatic rings. The summed E-state index contributed by atoms with van der Waals surface area (Å²) in [6.07, 6.45) is 8.78. The molecule has 0 aromatic carbocycles.